The van der Waals surface area contributed by atoms with Crippen LogP contribution in [0.25, 0.3) is 11.3 Å². The van der Waals surface area contributed by atoms with Gasteiger partial charge in [0, 0.05) is 27.7 Å². The van der Waals surface area contributed by atoms with Gasteiger partial charge in [0.15, 0.2) is 11.5 Å². The molecule has 1 unspecified atom stereocenters. The number of fused-ring (bicyclic) bond motifs is 2. The van der Waals surface area contributed by atoms with Crippen LogP contribution in [-0.2, 0) is 6.54 Å². The predicted octanol–water partition coefficient (Wildman–Crippen LogP) is 5.86. The number of amides is 1. The number of carbonyl (C=O) groups is 1. The van der Waals surface area contributed by atoms with E-state index in [4.69, 9.17) is 32.7 Å². The standard InChI is InChI=1S/C25H17Cl2N3O3/c26-16-8-6-15(7-9-16)22-21-23(29-28-22)25(31)30(24(21)17-3-1-2-4-18(17)27)12-14-5-10-19-20(11-14)33-13-32-19/h1-11,24H,12-13H2,(H,28,29). The lowest BCUT2D eigenvalue weighted by Crippen LogP contribution is -2.29. The van der Waals surface area contributed by atoms with Crippen molar-refractivity contribution in [3.63, 3.8) is 0 Å². The second kappa shape index (κ2) is 7.83. The zero-order valence-electron chi connectivity index (χ0n) is 17.2. The molecule has 0 saturated heterocycles. The summed E-state index contributed by atoms with van der Waals surface area (Å²) in [6.07, 6.45) is 0. The highest BCUT2D eigenvalue weighted by atomic mass is 35.5. The van der Waals surface area contributed by atoms with Gasteiger partial charge in [-0.25, -0.2) is 0 Å². The molecular weight excluding hydrogens is 461 g/mol. The number of ether oxygens (including phenoxy) is 2. The molecule has 4 aromatic rings. The highest BCUT2D eigenvalue weighted by Crippen LogP contribution is 2.45. The number of nitrogens with zero attached hydrogens (tertiary/aromatic N) is 2. The molecule has 2 aliphatic heterocycles. The molecule has 0 aliphatic carbocycles. The fourth-order valence-corrected chi connectivity index (χ4v) is 4.81. The van der Waals surface area contributed by atoms with Crippen molar-refractivity contribution in [2.45, 2.75) is 12.6 Å². The fraction of sp³-hybridized carbons (Fsp3) is 0.120. The van der Waals surface area contributed by atoms with E-state index in [1.165, 1.54) is 0 Å². The summed E-state index contributed by atoms with van der Waals surface area (Å²) in [6, 6.07) is 20.3. The molecule has 3 aromatic carbocycles. The summed E-state index contributed by atoms with van der Waals surface area (Å²) >= 11 is 12.7. The zero-order chi connectivity index (χ0) is 22.5. The van der Waals surface area contributed by atoms with Gasteiger partial charge in [-0.2, -0.15) is 5.10 Å². The van der Waals surface area contributed by atoms with E-state index in [0.717, 1.165) is 22.3 Å². The molecule has 3 heterocycles. The summed E-state index contributed by atoms with van der Waals surface area (Å²) in [4.78, 5) is 15.4. The number of nitrogens with one attached hydrogen (secondary N) is 1. The van der Waals surface area contributed by atoms with E-state index in [1.54, 1.807) is 4.90 Å². The molecule has 2 aliphatic rings. The molecule has 6 rings (SSSR count). The molecule has 0 spiro atoms. The van der Waals surface area contributed by atoms with Gasteiger partial charge < -0.3 is 14.4 Å². The van der Waals surface area contributed by atoms with Gasteiger partial charge in [0.05, 0.1) is 11.7 Å². The van der Waals surface area contributed by atoms with Gasteiger partial charge in [0.2, 0.25) is 6.79 Å². The van der Waals surface area contributed by atoms with Crippen LogP contribution in [0.5, 0.6) is 11.5 Å². The number of carbonyl (C=O) groups excluding carboxylic acids is 1. The maximum atomic E-state index is 13.6. The van der Waals surface area contributed by atoms with Crippen molar-refractivity contribution in [2.24, 2.45) is 0 Å². The monoisotopic (exact) mass is 477 g/mol. The molecule has 0 bridgehead atoms. The first-order valence-corrected chi connectivity index (χ1v) is 11.1. The van der Waals surface area contributed by atoms with Crippen LogP contribution in [0.2, 0.25) is 10.0 Å². The second-order valence-corrected chi connectivity index (χ2v) is 8.76. The molecule has 1 N–H and O–H groups in total. The Kier molecular flexibility index (Phi) is 4.78. The summed E-state index contributed by atoms with van der Waals surface area (Å²) in [5.74, 6) is 1.24. The number of hydrogen-bond acceptors (Lipinski definition) is 4. The minimum Gasteiger partial charge on any atom is -0.454 e. The Hall–Kier alpha value is -3.48. The van der Waals surface area contributed by atoms with Gasteiger partial charge in [0.1, 0.15) is 5.69 Å². The molecule has 0 saturated carbocycles. The van der Waals surface area contributed by atoms with Crippen molar-refractivity contribution in [3.8, 4) is 22.8 Å². The molecule has 1 atom stereocenters. The highest BCUT2D eigenvalue weighted by molar-refractivity contribution is 6.31. The number of aromatic nitrogens is 2. The average molecular weight is 478 g/mol. The van der Waals surface area contributed by atoms with Crippen molar-refractivity contribution >= 4 is 29.1 Å². The molecular formula is C25H17Cl2N3O3. The average Bonchev–Trinajstić information content (AvgIpc) is 3.52. The first-order valence-electron chi connectivity index (χ1n) is 10.4. The van der Waals surface area contributed by atoms with E-state index in [2.05, 4.69) is 10.2 Å². The van der Waals surface area contributed by atoms with Gasteiger partial charge in [0.25, 0.3) is 5.91 Å². The molecule has 6 nitrogen and oxygen atoms in total. The summed E-state index contributed by atoms with van der Waals surface area (Å²) in [5, 5.41) is 8.67. The molecule has 1 amide bonds. The Bertz CT molecular complexity index is 1380. The quantitative estimate of drug-likeness (QED) is 0.399. The van der Waals surface area contributed by atoms with Crippen molar-refractivity contribution in [3.05, 3.63) is 99.2 Å². The largest absolute Gasteiger partial charge is 0.454 e. The molecule has 8 heteroatoms. The number of benzene rings is 3. The maximum absolute atomic E-state index is 13.6. The van der Waals surface area contributed by atoms with Gasteiger partial charge >= 0.3 is 0 Å². The summed E-state index contributed by atoms with van der Waals surface area (Å²) in [6.45, 7) is 0.568. The van der Waals surface area contributed by atoms with Crippen molar-refractivity contribution in [1.82, 2.24) is 15.1 Å². The van der Waals surface area contributed by atoms with Crippen LogP contribution in [0.3, 0.4) is 0 Å². The van der Waals surface area contributed by atoms with E-state index in [9.17, 15) is 4.79 Å². The maximum Gasteiger partial charge on any atom is 0.273 e. The number of rotatable bonds is 4. The number of hydrogen-bond donors (Lipinski definition) is 1. The SMILES string of the molecule is O=C1c2[nH]nc(-c3ccc(Cl)cc3)c2C(c2ccccc2Cl)N1Cc1ccc2c(c1)OCO2. The number of H-pyrrole nitrogens is 1. The zero-order valence-corrected chi connectivity index (χ0v) is 18.7. The van der Waals surface area contributed by atoms with Gasteiger partial charge in [-0.3, -0.25) is 9.89 Å². The molecule has 33 heavy (non-hydrogen) atoms. The fourth-order valence-electron chi connectivity index (χ4n) is 4.44. The Morgan fingerprint density at radius 3 is 2.61 bits per heavy atom. The molecule has 164 valence electrons. The van der Waals surface area contributed by atoms with E-state index in [0.29, 0.717) is 39.5 Å². The highest BCUT2D eigenvalue weighted by Gasteiger charge is 2.43. The number of aromatic amines is 1. The first-order chi connectivity index (χ1) is 16.1. The summed E-state index contributed by atoms with van der Waals surface area (Å²) in [5.41, 5.74) is 4.60. The summed E-state index contributed by atoms with van der Waals surface area (Å²) < 4.78 is 10.9. The smallest absolute Gasteiger partial charge is 0.273 e. The minimum absolute atomic E-state index is 0.139. The second-order valence-electron chi connectivity index (χ2n) is 7.91. The normalized spacial score (nSPS) is 16.4. The number of halogens is 2. The van der Waals surface area contributed by atoms with Crippen LogP contribution in [0.4, 0.5) is 0 Å². The third-order valence-electron chi connectivity index (χ3n) is 5.97. The van der Waals surface area contributed by atoms with E-state index < -0.39 is 6.04 Å². The lowest BCUT2D eigenvalue weighted by Gasteiger charge is -2.27. The minimum atomic E-state index is -0.406. The third kappa shape index (κ3) is 3.34. The Morgan fingerprint density at radius 2 is 1.79 bits per heavy atom. The lowest BCUT2D eigenvalue weighted by molar-refractivity contribution is 0.0730. The molecule has 1 aromatic heterocycles. The van der Waals surface area contributed by atoms with Crippen LogP contribution < -0.4 is 9.47 Å². The van der Waals surface area contributed by atoms with Gasteiger partial charge in [-0.1, -0.05) is 59.6 Å². The van der Waals surface area contributed by atoms with Crippen LogP contribution in [0.1, 0.15) is 33.2 Å². The van der Waals surface area contributed by atoms with Crippen molar-refractivity contribution < 1.29 is 14.3 Å². The van der Waals surface area contributed by atoms with E-state index in [1.807, 2.05) is 66.7 Å². The lowest BCUT2D eigenvalue weighted by atomic mass is 9.96. The Morgan fingerprint density at radius 1 is 1.00 bits per heavy atom. The van der Waals surface area contributed by atoms with E-state index >= 15 is 0 Å². The van der Waals surface area contributed by atoms with Crippen LogP contribution in [0.15, 0.2) is 66.7 Å². The van der Waals surface area contributed by atoms with Crippen LogP contribution in [-0.4, -0.2) is 27.8 Å². The van der Waals surface area contributed by atoms with Crippen molar-refractivity contribution in [2.75, 3.05) is 6.79 Å². The van der Waals surface area contributed by atoms with Gasteiger partial charge in [-0.05, 0) is 41.5 Å². The van der Waals surface area contributed by atoms with Crippen LogP contribution in [0, 0.1) is 0 Å². The predicted molar refractivity (Wildman–Crippen MR) is 125 cm³/mol. The van der Waals surface area contributed by atoms with E-state index in [-0.39, 0.29) is 12.7 Å². The first kappa shape index (κ1) is 20.1. The Labute approximate surface area is 199 Å². The summed E-state index contributed by atoms with van der Waals surface area (Å²) in [7, 11) is 0. The Balaban J connectivity index is 1.47. The molecule has 0 radical (unpaired) electrons. The topological polar surface area (TPSA) is 67.5 Å². The van der Waals surface area contributed by atoms with Crippen molar-refractivity contribution in [1.29, 1.82) is 0 Å². The van der Waals surface area contributed by atoms with Crippen LogP contribution >= 0.6 is 23.2 Å². The van der Waals surface area contributed by atoms with Gasteiger partial charge in [-0.15, -0.1) is 0 Å². The third-order valence-corrected chi connectivity index (χ3v) is 6.57. The molecule has 0 fully saturated rings.